The first-order valence-electron chi connectivity index (χ1n) is 11.1. The summed E-state index contributed by atoms with van der Waals surface area (Å²) in [5.41, 5.74) is 7.36. The number of amidine groups is 1. The third kappa shape index (κ3) is 8.18. The number of nitrogens with one attached hydrogen (secondary N) is 2. The van der Waals surface area contributed by atoms with Crippen molar-refractivity contribution in [1.29, 1.82) is 0 Å². The fourth-order valence-corrected chi connectivity index (χ4v) is 5.28. The van der Waals surface area contributed by atoms with Crippen LogP contribution in [0.3, 0.4) is 0 Å². The number of thiazole rings is 1. The van der Waals surface area contributed by atoms with Crippen molar-refractivity contribution in [1.82, 2.24) is 15.0 Å². The molecule has 3 rings (SSSR count). The highest BCUT2D eigenvalue weighted by atomic mass is 32.2. The zero-order valence-electron chi connectivity index (χ0n) is 20.2. The van der Waals surface area contributed by atoms with Crippen molar-refractivity contribution in [3.05, 3.63) is 81.8 Å². The van der Waals surface area contributed by atoms with Gasteiger partial charge in [0, 0.05) is 43.3 Å². The number of methoxy groups -OCH3 is 1. The monoisotopic (exact) mass is 545 g/mol. The predicted molar refractivity (Wildman–Crippen MR) is 138 cm³/mol. The second kappa shape index (κ2) is 13.1. The highest BCUT2D eigenvalue weighted by Crippen LogP contribution is 2.24. The third-order valence-electron chi connectivity index (χ3n) is 4.98. The fraction of sp³-hybridized carbons (Fsp3) is 0.250. The summed E-state index contributed by atoms with van der Waals surface area (Å²) >= 11 is 1.31. The Morgan fingerprint density at radius 2 is 1.92 bits per heavy atom. The van der Waals surface area contributed by atoms with Gasteiger partial charge < -0.3 is 20.6 Å². The number of aromatic nitrogens is 1. The van der Waals surface area contributed by atoms with Gasteiger partial charge in [0.1, 0.15) is 5.01 Å². The van der Waals surface area contributed by atoms with E-state index in [0.717, 1.165) is 5.56 Å². The normalized spacial score (nSPS) is 12.6. The lowest BCUT2D eigenvalue weighted by molar-refractivity contribution is -0.140. The molecule has 0 saturated heterocycles. The zero-order chi connectivity index (χ0) is 26.8. The van der Waals surface area contributed by atoms with Gasteiger partial charge in [0.25, 0.3) is 5.91 Å². The molecular weight excluding hydrogens is 518 g/mol. The largest absolute Gasteiger partial charge is 0.383 e. The van der Waals surface area contributed by atoms with Crippen LogP contribution >= 0.6 is 11.3 Å². The molecule has 3 aromatic rings. The SMILES string of the molecule is COCCNC(=O)c1cccc(S(=O)(=O)NC(Cc2cccc(/C(N)=N\OC(C)=O)c2)c2nccs2)c1. The van der Waals surface area contributed by atoms with E-state index in [-0.39, 0.29) is 22.7 Å². The zero-order valence-corrected chi connectivity index (χ0v) is 21.8. The molecule has 2 aromatic carbocycles. The van der Waals surface area contributed by atoms with Gasteiger partial charge in [-0.1, -0.05) is 29.4 Å². The number of carbonyl (C=O) groups is 2. The first-order valence-corrected chi connectivity index (χ1v) is 13.4. The van der Waals surface area contributed by atoms with Crippen molar-refractivity contribution < 1.29 is 27.6 Å². The Morgan fingerprint density at radius 3 is 2.62 bits per heavy atom. The molecular formula is C24H27N5O6S2. The van der Waals surface area contributed by atoms with Crippen molar-refractivity contribution in [3.63, 3.8) is 0 Å². The molecule has 0 spiro atoms. The molecule has 37 heavy (non-hydrogen) atoms. The standard InChI is InChI=1S/C24H27N5O6S2/c1-16(30)35-28-22(25)18-6-3-5-17(13-18)14-21(24-27-10-12-36-24)29-37(32,33)20-8-4-7-19(15-20)23(31)26-9-11-34-2/h3-8,10,12-13,15,21,29H,9,11,14H2,1-2H3,(H2,25,28)(H,26,31). The van der Waals surface area contributed by atoms with Crippen LogP contribution in [0.1, 0.15) is 39.5 Å². The first-order chi connectivity index (χ1) is 17.7. The van der Waals surface area contributed by atoms with Crippen molar-refractivity contribution >= 4 is 39.1 Å². The number of amides is 1. The van der Waals surface area contributed by atoms with Crippen LogP contribution in [-0.4, -0.2) is 51.4 Å². The molecule has 0 saturated carbocycles. The second-order valence-corrected chi connectivity index (χ2v) is 10.4. The Kier molecular flexibility index (Phi) is 9.85. The summed E-state index contributed by atoms with van der Waals surface area (Å²) in [7, 11) is -2.51. The van der Waals surface area contributed by atoms with Crippen LogP contribution in [0.5, 0.6) is 0 Å². The number of hydrogen-bond donors (Lipinski definition) is 3. The van der Waals surface area contributed by atoms with E-state index in [1.807, 2.05) is 6.07 Å². The van der Waals surface area contributed by atoms with Gasteiger partial charge >= 0.3 is 5.97 Å². The van der Waals surface area contributed by atoms with Crippen LogP contribution in [0.4, 0.5) is 0 Å². The van der Waals surface area contributed by atoms with Gasteiger partial charge in [0.15, 0.2) is 5.84 Å². The predicted octanol–water partition coefficient (Wildman–Crippen LogP) is 1.96. The maximum atomic E-state index is 13.3. The van der Waals surface area contributed by atoms with Crippen LogP contribution in [0, 0.1) is 0 Å². The molecule has 0 radical (unpaired) electrons. The van der Waals surface area contributed by atoms with Crippen LogP contribution in [0.15, 0.2) is 70.2 Å². The molecule has 0 aliphatic heterocycles. The van der Waals surface area contributed by atoms with Crippen molar-refractivity contribution in [3.8, 4) is 0 Å². The van der Waals surface area contributed by atoms with E-state index in [2.05, 4.69) is 25.0 Å². The molecule has 4 N–H and O–H groups in total. The van der Waals surface area contributed by atoms with Crippen molar-refractivity contribution in [2.24, 2.45) is 10.9 Å². The summed E-state index contributed by atoms with van der Waals surface area (Å²) in [6, 6.07) is 12.0. The quantitative estimate of drug-likeness (QED) is 0.102. The molecule has 1 heterocycles. The van der Waals surface area contributed by atoms with E-state index in [0.29, 0.717) is 23.7 Å². The Hall–Kier alpha value is -3.65. The molecule has 1 aromatic heterocycles. The first kappa shape index (κ1) is 27.9. The van der Waals surface area contributed by atoms with E-state index in [4.69, 9.17) is 10.5 Å². The molecule has 0 aliphatic carbocycles. The van der Waals surface area contributed by atoms with Gasteiger partial charge in [-0.25, -0.2) is 22.9 Å². The summed E-state index contributed by atoms with van der Waals surface area (Å²) in [6.07, 6.45) is 1.84. The maximum Gasteiger partial charge on any atom is 0.332 e. The van der Waals surface area contributed by atoms with E-state index in [1.54, 1.807) is 29.8 Å². The van der Waals surface area contributed by atoms with Crippen molar-refractivity contribution in [2.45, 2.75) is 24.3 Å². The molecule has 13 heteroatoms. The minimum Gasteiger partial charge on any atom is -0.383 e. The van der Waals surface area contributed by atoms with Crippen LogP contribution in [0.25, 0.3) is 0 Å². The van der Waals surface area contributed by atoms with E-state index in [1.165, 1.54) is 49.6 Å². The summed E-state index contributed by atoms with van der Waals surface area (Å²) in [5, 5.41) is 8.57. The number of benzene rings is 2. The molecule has 0 aliphatic rings. The molecule has 11 nitrogen and oxygen atoms in total. The van der Waals surface area contributed by atoms with Gasteiger partial charge in [0.2, 0.25) is 10.0 Å². The highest BCUT2D eigenvalue weighted by molar-refractivity contribution is 7.89. The smallest absolute Gasteiger partial charge is 0.332 e. The summed E-state index contributed by atoms with van der Waals surface area (Å²) in [4.78, 5) is 32.2. The van der Waals surface area contributed by atoms with Crippen molar-refractivity contribution in [2.75, 3.05) is 20.3 Å². The molecule has 0 fully saturated rings. The maximum absolute atomic E-state index is 13.3. The highest BCUT2D eigenvalue weighted by Gasteiger charge is 2.24. The number of carbonyl (C=O) groups excluding carboxylic acids is 2. The molecule has 1 amide bonds. The van der Waals surface area contributed by atoms with Crippen LogP contribution < -0.4 is 15.8 Å². The molecule has 1 atom stereocenters. The number of hydrogen-bond acceptors (Lipinski definition) is 9. The Labute approximate surface area is 218 Å². The Bertz CT molecular complexity index is 1360. The average Bonchev–Trinajstić information content (AvgIpc) is 3.42. The molecule has 196 valence electrons. The lowest BCUT2D eigenvalue weighted by Gasteiger charge is -2.18. The van der Waals surface area contributed by atoms with Gasteiger partial charge in [-0.15, -0.1) is 11.3 Å². The topological polar surface area (TPSA) is 162 Å². The summed E-state index contributed by atoms with van der Waals surface area (Å²) < 4.78 is 34.3. The number of sulfonamides is 1. The fourth-order valence-electron chi connectivity index (χ4n) is 3.27. The van der Waals surface area contributed by atoms with Gasteiger partial charge in [-0.05, 0) is 36.2 Å². The minimum absolute atomic E-state index is 0.00372. The second-order valence-electron chi connectivity index (χ2n) is 7.78. The molecule has 1 unspecified atom stereocenters. The number of nitrogens with zero attached hydrogens (tertiary/aromatic N) is 2. The van der Waals surface area contributed by atoms with E-state index < -0.39 is 27.9 Å². The summed E-state index contributed by atoms with van der Waals surface area (Å²) in [6.45, 7) is 1.84. The Morgan fingerprint density at radius 1 is 1.16 bits per heavy atom. The van der Waals surface area contributed by atoms with Crippen LogP contribution in [-0.2, 0) is 30.8 Å². The van der Waals surface area contributed by atoms with E-state index in [9.17, 15) is 18.0 Å². The van der Waals surface area contributed by atoms with Gasteiger partial charge in [-0.2, -0.15) is 0 Å². The lowest BCUT2D eigenvalue weighted by atomic mass is 10.0. The Balaban J connectivity index is 1.83. The van der Waals surface area contributed by atoms with Gasteiger partial charge in [-0.3, -0.25) is 4.79 Å². The van der Waals surface area contributed by atoms with Gasteiger partial charge in [0.05, 0.1) is 17.5 Å². The number of ether oxygens (including phenoxy) is 1. The number of oxime groups is 1. The lowest BCUT2D eigenvalue weighted by Crippen LogP contribution is -2.31. The van der Waals surface area contributed by atoms with Crippen LogP contribution in [0.2, 0.25) is 0 Å². The molecule has 0 bridgehead atoms. The number of rotatable bonds is 12. The minimum atomic E-state index is -4.03. The summed E-state index contributed by atoms with van der Waals surface area (Å²) in [5.74, 6) is -1.01. The number of nitrogens with two attached hydrogens (primary N) is 1. The average molecular weight is 546 g/mol. The van der Waals surface area contributed by atoms with E-state index >= 15 is 0 Å². The third-order valence-corrected chi connectivity index (χ3v) is 7.34.